The Morgan fingerprint density at radius 2 is 2.22 bits per heavy atom. The molecular weight excluding hydrogens is 250 g/mol. The lowest BCUT2D eigenvalue weighted by molar-refractivity contribution is 0.503. The monoisotopic (exact) mass is 269 g/mol. The Morgan fingerprint density at radius 3 is 2.72 bits per heavy atom. The smallest absolute Gasteiger partial charge is 0.287 e. The maximum Gasteiger partial charge on any atom is 0.287 e. The van der Waals surface area contributed by atoms with Crippen molar-refractivity contribution in [3.8, 4) is 0 Å². The molecule has 1 atom stereocenters. The Kier molecular flexibility index (Phi) is 3.41. The molecule has 0 amide bonds. The van der Waals surface area contributed by atoms with Crippen molar-refractivity contribution in [2.75, 3.05) is 11.9 Å². The first-order valence-corrected chi connectivity index (χ1v) is 6.72. The van der Waals surface area contributed by atoms with E-state index >= 15 is 0 Å². The van der Waals surface area contributed by atoms with Crippen LogP contribution in [0.4, 0.5) is 5.69 Å². The van der Waals surface area contributed by atoms with Gasteiger partial charge < -0.3 is 5.32 Å². The van der Waals surface area contributed by atoms with Crippen LogP contribution in [0.3, 0.4) is 0 Å². The SMILES string of the molecule is CC(C)n1ncc(NCC2CC2(C)C)c(Cl)c1=O. The van der Waals surface area contributed by atoms with Crippen LogP contribution in [0.1, 0.15) is 40.2 Å². The lowest BCUT2D eigenvalue weighted by Crippen LogP contribution is -2.26. The Bertz CT molecular complexity index is 507. The molecule has 0 aromatic carbocycles. The summed E-state index contributed by atoms with van der Waals surface area (Å²) >= 11 is 6.08. The van der Waals surface area contributed by atoms with E-state index in [4.69, 9.17) is 11.6 Å². The quantitative estimate of drug-likeness (QED) is 0.914. The van der Waals surface area contributed by atoms with E-state index < -0.39 is 0 Å². The summed E-state index contributed by atoms with van der Waals surface area (Å²) in [5.41, 5.74) is 0.827. The van der Waals surface area contributed by atoms with Crippen LogP contribution in [0.2, 0.25) is 5.02 Å². The summed E-state index contributed by atoms with van der Waals surface area (Å²) in [7, 11) is 0. The molecule has 100 valence electrons. The first-order chi connectivity index (χ1) is 8.33. The molecule has 0 bridgehead atoms. The predicted molar refractivity (Wildman–Crippen MR) is 74.3 cm³/mol. The second kappa shape index (κ2) is 4.57. The van der Waals surface area contributed by atoms with E-state index in [0.717, 1.165) is 6.54 Å². The van der Waals surface area contributed by atoms with Gasteiger partial charge in [-0.2, -0.15) is 5.10 Å². The number of nitrogens with one attached hydrogen (secondary N) is 1. The first kappa shape index (κ1) is 13.4. The van der Waals surface area contributed by atoms with Gasteiger partial charge in [-0.05, 0) is 31.6 Å². The molecule has 1 saturated carbocycles. The van der Waals surface area contributed by atoms with Gasteiger partial charge >= 0.3 is 0 Å². The second-order valence-corrected chi connectivity index (χ2v) is 6.36. The van der Waals surface area contributed by atoms with Crippen LogP contribution < -0.4 is 10.9 Å². The van der Waals surface area contributed by atoms with Gasteiger partial charge in [0.05, 0.1) is 17.9 Å². The molecule has 18 heavy (non-hydrogen) atoms. The highest BCUT2D eigenvalue weighted by molar-refractivity contribution is 6.32. The topological polar surface area (TPSA) is 46.9 Å². The summed E-state index contributed by atoms with van der Waals surface area (Å²) in [6, 6.07) is 0.0198. The molecule has 1 N–H and O–H groups in total. The van der Waals surface area contributed by atoms with E-state index in [0.29, 0.717) is 17.0 Å². The highest BCUT2D eigenvalue weighted by Gasteiger charge is 2.45. The zero-order valence-corrected chi connectivity index (χ0v) is 12.1. The van der Waals surface area contributed by atoms with Crippen molar-refractivity contribution in [2.45, 2.75) is 40.2 Å². The fraction of sp³-hybridized carbons (Fsp3) is 0.692. The van der Waals surface area contributed by atoms with Gasteiger partial charge in [0.25, 0.3) is 5.56 Å². The Morgan fingerprint density at radius 1 is 1.61 bits per heavy atom. The molecular formula is C13H20ClN3O. The van der Waals surface area contributed by atoms with Gasteiger partial charge in [-0.25, -0.2) is 4.68 Å². The third kappa shape index (κ3) is 2.53. The third-order valence-corrected chi connectivity index (χ3v) is 4.05. The van der Waals surface area contributed by atoms with E-state index in [2.05, 4.69) is 24.3 Å². The minimum Gasteiger partial charge on any atom is -0.382 e. The van der Waals surface area contributed by atoms with Crippen LogP contribution in [-0.2, 0) is 0 Å². The zero-order chi connectivity index (χ0) is 13.5. The minimum absolute atomic E-state index is 0.0198. The minimum atomic E-state index is -0.230. The highest BCUT2D eigenvalue weighted by Crippen LogP contribution is 2.51. The molecule has 0 aliphatic heterocycles. The van der Waals surface area contributed by atoms with Gasteiger partial charge in [0, 0.05) is 6.54 Å². The van der Waals surface area contributed by atoms with E-state index in [1.807, 2.05) is 13.8 Å². The summed E-state index contributed by atoms with van der Waals surface area (Å²) in [5, 5.41) is 7.59. The van der Waals surface area contributed by atoms with Crippen LogP contribution in [0.25, 0.3) is 0 Å². The Hall–Kier alpha value is -1.03. The van der Waals surface area contributed by atoms with Crippen LogP contribution in [-0.4, -0.2) is 16.3 Å². The maximum absolute atomic E-state index is 11.9. The maximum atomic E-state index is 11.9. The second-order valence-electron chi connectivity index (χ2n) is 5.99. The molecule has 1 heterocycles. The number of nitrogens with zero attached hydrogens (tertiary/aromatic N) is 2. The molecule has 4 nitrogen and oxygen atoms in total. The van der Waals surface area contributed by atoms with Crippen LogP contribution in [0, 0.1) is 11.3 Å². The molecule has 0 radical (unpaired) electrons. The van der Waals surface area contributed by atoms with Crippen LogP contribution in [0.5, 0.6) is 0 Å². The number of anilines is 1. The molecule has 1 aliphatic rings. The van der Waals surface area contributed by atoms with E-state index in [1.165, 1.54) is 11.1 Å². The molecule has 1 fully saturated rings. The van der Waals surface area contributed by atoms with Crippen molar-refractivity contribution >= 4 is 17.3 Å². The summed E-state index contributed by atoms with van der Waals surface area (Å²) in [5.74, 6) is 0.654. The molecule has 1 aromatic rings. The normalized spacial score (nSPS) is 21.1. The van der Waals surface area contributed by atoms with Crippen LogP contribution in [0.15, 0.2) is 11.0 Å². The van der Waals surface area contributed by atoms with Gasteiger partial charge in [0.1, 0.15) is 5.02 Å². The lowest BCUT2D eigenvalue weighted by Gasteiger charge is -2.12. The predicted octanol–water partition coefficient (Wildman–Crippen LogP) is 2.94. The van der Waals surface area contributed by atoms with Crippen molar-refractivity contribution in [3.63, 3.8) is 0 Å². The van der Waals surface area contributed by atoms with Crippen molar-refractivity contribution in [1.29, 1.82) is 0 Å². The van der Waals surface area contributed by atoms with Gasteiger partial charge in [-0.3, -0.25) is 4.79 Å². The standard InChI is InChI=1S/C13H20ClN3O/c1-8(2)17-12(18)11(14)10(7-16-17)15-6-9-5-13(9,3)4/h7-9,15H,5-6H2,1-4H3. The first-order valence-electron chi connectivity index (χ1n) is 6.34. The summed E-state index contributed by atoms with van der Waals surface area (Å²) in [6.45, 7) is 9.15. The number of rotatable bonds is 4. The fourth-order valence-electron chi connectivity index (χ4n) is 2.09. The summed E-state index contributed by atoms with van der Waals surface area (Å²) in [6.07, 6.45) is 2.85. The lowest BCUT2D eigenvalue weighted by atomic mass is 10.1. The van der Waals surface area contributed by atoms with Gasteiger partial charge in [-0.15, -0.1) is 0 Å². The molecule has 0 spiro atoms. The van der Waals surface area contributed by atoms with Gasteiger partial charge in [0.15, 0.2) is 0 Å². The van der Waals surface area contributed by atoms with Crippen molar-refractivity contribution in [3.05, 3.63) is 21.6 Å². The Labute approximate surface area is 112 Å². The van der Waals surface area contributed by atoms with E-state index in [1.54, 1.807) is 6.20 Å². The molecule has 5 heteroatoms. The number of halogens is 1. The number of hydrogen-bond acceptors (Lipinski definition) is 3. The van der Waals surface area contributed by atoms with Crippen molar-refractivity contribution in [1.82, 2.24) is 9.78 Å². The average molecular weight is 270 g/mol. The van der Waals surface area contributed by atoms with Gasteiger partial charge in [0.2, 0.25) is 0 Å². The average Bonchev–Trinajstić information content (AvgIpc) is 2.88. The zero-order valence-electron chi connectivity index (χ0n) is 11.3. The largest absolute Gasteiger partial charge is 0.382 e. The van der Waals surface area contributed by atoms with Crippen molar-refractivity contribution in [2.24, 2.45) is 11.3 Å². The highest BCUT2D eigenvalue weighted by atomic mass is 35.5. The Balaban J connectivity index is 2.11. The summed E-state index contributed by atoms with van der Waals surface area (Å²) < 4.78 is 1.40. The number of aromatic nitrogens is 2. The fourth-order valence-corrected chi connectivity index (χ4v) is 2.30. The third-order valence-electron chi connectivity index (χ3n) is 3.69. The number of hydrogen-bond donors (Lipinski definition) is 1. The molecule has 1 unspecified atom stereocenters. The molecule has 1 aromatic heterocycles. The van der Waals surface area contributed by atoms with Gasteiger partial charge in [-0.1, -0.05) is 25.4 Å². The van der Waals surface area contributed by atoms with Crippen LogP contribution >= 0.6 is 11.6 Å². The summed E-state index contributed by atoms with van der Waals surface area (Å²) in [4.78, 5) is 11.9. The van der Waals surface area contributed by atoms with Crippen molar-refractivity contribution < 1.29 is 0 Å². The van der Waals surface area contributed by atoms with E-state index in [-0.39, 0.29) is 16.6 Å². The molecule has 1 aliphatic carbocycles. The molecule has 0 saturated heterocycles. The molecule has 2 rings (SSSR count). The van der Waals surface area contributed by atoms with E-state index in [9.17, 15) is 4.79 Å².